The summed E-state index contributed by atoms with van der Waals surface area (Å²) in [5.41, 5.74) is 21.5. The maximum Gasteiger partial charge on any atom is 0.252 e. The molecular formula is C58H54BN3. The minimum absolute atomic E-state index is 0.105. The quantitative estimate of drug-likeness (QED) is 0.164. The Morgan fingerprint density at radius 2 is 1.03 bits per heavy atom. The minimum Gasteiger partial charge on any atom is -0.335 e. The highest BCUT2D eigenvalue weighted by Crippen LogP contribution is 2.67. The van der Waals surface area contributed by atoms with Crippen LogP contribution < -0.4 is 31.1 Å². The third-order valence-corrected chi connectivity index (χ3v) is 17.1. The van der Waals surface area contributed by atoms with Crippen molar-refractivity contribution < 1.29 is 0 Å². The van der Waals surface area contributed by atoms with Gasteiger partial charge in [0.15, 0.2) is 0 Å². The number of benzene rings is 7. The average molecular weight is 804 g/mol. The van der Waals surface area contributed by atoms with Crippen LogP contribution in [0.2, 0.25) is 0 Å². The molecule has 2 aliphatic carbocycles. The van der Waals surface area contributed by atoms with E-state index in [9.17, 15) is 0 Å². The lowest BCUT2D eigenvalue weighted by Crippen LogP contribution is -2.65. The Labute approximate surface area is 368 Å². The van der Waals surface area contributed by atoms with E-state index in [0.29, 0.717) is 0 Å². The number of hydrogen-bond donors (Lipinski definition) is 0. The monoisotopic (exact) mass is 803 g/mol. The first-order valence-electron chi connectivity index (χ1n) is 23.4. The van der Waals surface area contributed by atoms with Gasteiger partial charge >= 0.3 is 0 Å². The van der Waals surface area contributed by atoms with Crippen LogP contribution in [0.15, 0.2) is 158 Å². The molecule has 6 aliphatic rings. The van der Waals surface area contributed by atoms with Crippen molar-refractivity contribution in [3.63, 3.8) is 0 Å². The first-order chi connectivity index (χ1) is 30.3. The maximum atomic E-state index is 2.92. The highest BCUT2D eigenvalue weighted by molar-refractivity contribution is 7.00. The summed E-state index contributed by atoms with van der Waals surface area (Å²) in [5, 5.41) is 0. The van der Waals surface area contributed by atoms with Crippen LogP contribution in [0, 0.1) is 13.8 Å². The van der Waals surface area contributed by atoms with Gasteiger partial charge in [-0.1, -0.05) is 147 Å². The Hall–Kier alpha value is -6.00. The van der Waals surface area contributed by atoms with Crippen LogP contribution in [0.1, 0.15) is 98.6 Å². The van der Waals surface area contributed by atoms with Crippen LogP contribution >= 0.6 is 0 Å². The van der Waals surface area contributed by atoms with Crippen LogP contribution in [0.25, 0.3) is 0 Å². The Kier molecular flexibility index (Phi) is 7.56. The molecule has 0 spiro atoms. The van der Waals surface area contributed by atoms with Crippen molar-refractivity contribution in [2.24, 2.45) is 0 Å². The van der Waals surface area contributed by atoms with E-state index in [1.54, 1.807) is 0 Å². The zero-order valence-electron chi connectivity index (χ0n) is 36.6. The van der Waals surface area contributed by atoms with Crippen LogP contribution in [0.4, 0.5) is 39.8 Å². The first kappa shape index (κ1) is 36.6. The fourth-order valence-corrected chi connectivity index (χ4v) is 14.7. The van der Waals surface area contributed by atoms with Gasteiger partial charge in [0.2, 0.25) is 0 Å². The molecule has 0 amide bonds. The van der Waals surface area contributed by atoms with E-state index < -0.39 is 0 Å². The number of fused-ring (bicyclic) bond motifs is 10. The molecule has 0 radical (unpaired) electrons. The lowest BCUT2D eigenvalue weighted by Gasteiger charge is -2.55. The number of aryl methyl sites for hydroxylation is 2. The van der Waals surface area contributed by atoms with Crippen molar-refractivity contribution in [3.05, 3.63) is 191 Å². The summed E-state index contributed by atoms with van der Waals surface area (Å²) < 4.78 is 0. The van der Waals surface area contributed by atoms with Gasteiger partial charge in [-0.15, -0.1) is 0 Å². The number of rotatable bonds is 4. The van der Waals surface area contributed by atoms with Gasteiger partial charge in [0.25, 0.3) is 6.71 Å². The summed E-state index contributed by atoms with van der Waals surface area (Å²) in [4.78, 5) is 8.40. The molecule has 3 nitrogen and oxygen atoms in total. The van der Waals surface area contributed by atoms with Gasteiger partial charge in [-0.3, -0.25) is 0 Å². The predicted molar refractivity (Wildman–Crippen MR) is 261 cm³/mol. The van der Waals surface area contributed by atoms with Gasteiger partial charge in [0.05, 0.1) is 11.1 Å². The van der Waals surface area contributed by atoms with Crippen molar-refractivity contribution in [1.29, 1.82) is 0 Å². The number of para-hydroxylation sites is 2. The number of nitrogens with zero attached hydrogens (tertiary/aromatic N) is 3. The predicted octanol–water partition coefficient (Wildman–Crippen LogP) is 12.5. The van der Waals surface area contributed by atoms with Crippen molar-refractivity contribution in [3.8, 4) is 0 Å². The van der Waals surface area contributed by atoms with Gasteiger partial charge in [0, 0.05) is 50.6 Å². The Morgan fingerprint density at radius 3 is 1.76 bits per heavy atom. The van der Waals surface area contributed by atoms with Crippen LogP contribution in [0.3, 0.4) is 0 Å². The van der Waals surface area contributed by atoms with Crippen molar-refractivity contribution in [1.82, 2.24) is 0 Å². The first-order valence-corrected chi connectivity index (χ1v) is 23.4. The van der Waals surface area contributed by atoms with E-state index in [2.05, 4.69) is 200 Å². The lowest BCUT2D eigenvalue weighted by molar-refractivity contribution is 0.214. The van der Waals surface area contributed by atoms with E-state index in [-0.39, 0.29) is 28.6 Å². The van der Waals surface area contributed by atoms with Crippen molar-refractivity contribution >= 4 is 62.9 Å². The second-order valence-electron chi connectivity index (χ2n) is 20.0. The number of hydrogen-bond acceptors (Lipinski definition) is 3. The summed E-state index contributed by atoms with van der Waals surface area (Å²) in [6.45, 7) is 9.85. The molecule has 304 valence electrons. The summed E-state index contributed by atoms with van der Waals surface area (Å²) >= 11 is 0. The minimum atomic E-state index is -0.181. The summed E-state index contributed by atoms with van der Waals surface area (Å²) in [5.74, 6) is 0. The summed E-state index contributed by atoms with van der Waals surface area (Å²) in [7, 11) is 0. The Morgan fingerprint density at radius 1 is 0.435 bits per heavy atom. The standard InChI is InChI=1S/C58H54BN3/c1-39-19-17-24-43(35-39)60-50-36-40(2)29-30-47(50)59-48-27-18-26-46-54(48)62(56(4)32-14-16-34-58(46,56)42-22-9-6-10-23-42)52-38-44(37-51(60)53(52)59)61-49-28-12-11-25-45(49)57(41-20-7-5-8-21-41)33-15-13-31-55(57,61)3/h5-12,17-30,35-38H,13-16,31-34H2,1-4H3. The molecule has 4 heterocycles. The SMILES string of the molecule is Cc1cccc(N2c3cc(C)ccc3B3c4cccc5c4N(c4cc(N6c7ccccc7C7(c8ccccc8)CCCCC67C)cc2c43)C2(C)CCCCC52c2ccccc2)c1. The summed E-state index contributed by atoms with van der Waals surface area (Å²) in [6.07, 6.45) is 9.46. The van der Waals surface area contributed by atoms with E-state index in [4.69, 9.17) is 0 Å². The Bertz CT molecular complexity index is 2980. The molecule has 0 N–H and O–H groups in total. The van der Waals surface area contributed by atoms with E-state index in [0.717, 1.165) is 25.7 Å². The second kappa shape index (κ2) is 12.8. The zero-order valence-corrected chi connectivity index (χ0v) is 36.6. The van der Waals surface area contributed by atoms with E-state index >= 15 is 0 Å². The smallest absolute Gasteiger partial charge is 0.252 e. The topological polar surface area (TPSA) is 9.72 Å². The molecule has 13 rings (SSSR count). The molecule has 2 fully saturated rings. The lowest BCUT2D eigenvalue weighted by atomic mass is 9.33. The fourth-order valence-electron chi connectivity index (χ4n) is 14.7. The van der Waals surface area contributed by atoms with Crippen molar-refractivity contribution in [2.45, 2.75) is 101 Å². The normalized spacial score (nSPS) is 26.0. The second-order valence-corrected chi connectivity index (χ2v) is 20.0. The molecule has 7 aromatic carbocycles. The van der Waals surface area contributed by atoms with E-state index in [1.807, 2.05) is 0 Å². The Balaban J connectivity index is 1.16. The van der Waals surface area contributed by atoms with Gasteiger partial charge in [-0.05, 0) is 140 Å². The highest BCUT2D eigenvalue weighted by Gasteiger charge is 2.65. The molecule has 0 aromatic heterocycles. The van der Waals surface area contributed by atoms with Crippen LogP contribution in [-0.2, 0) is 10.8 Å². The molecule has 4 atom stereocenters. The third kappa shape index (κ3) is 4.39. The molecule has 2 saturated carbocycles. The molecule has 7 aromatic rings. The average Bonchev–Trinajstić information content (AvgIpc) is 3.69. The maximum absolute atomic E-state index is 2.92. The fraction of sp³-hybridized carbons (Fsp3) is 0.276. The zero-order chi connectivity index (χ0) is 41.6. The van der Waals surface area contributed by atoms with Gasteiger partial charge < -0.3 is 14.7 Å². The molecule has 4 unspecified atom stereocenters. The molecule has 0 bridgehead atoms. The van der Waals surface area contributed by atoms with Gasteiger partial charge in [-0.2, -0.15) is 0 Å². The largest absolute Gasteiger partial charge is 0.335 e. The van der Waals surface area contributed by atoms with E-state index in [1.165, 1.54) is 115 Å². The molecule has 4 heteroatoms. The third-order valence-electron chi connectivity index (χ3n) is 17.1. The van der Waals surface area contributed by atoms with Crippen molar-refractivity contribution in [2.75, 3.05) is 14.7 Å². The van der Waals surface area contributed by atoms with Gasteiger partial charge in [-0.25, -0.2) is 0 Å². The highest BCUT2D eigenvalue weighted by atomic mass is 15.3. The molecular weight excluding hydrogens is 749 g/mol. The molecule has 62 heavy (non-hydrogen) atoms. The molecule has 4 aliphatic heterocycles. The molecule has 0 saturated heterocycles. The van der Waals surface area contributed by atoms with Crippen LogP contribution in [-0.4, -0.2) is 17.8 Å². The summed E-state index contributed by atoms with van der Waals surface area (Å²) in [6, 6.07) is 61.8. The van der Waals surface area contributed by atoms with Gasteiger partial charge in [0.1, 0.15) is 0 Å². The van der Waals surface area contributed by atoms with Crippen LogP contribution in [0.5, 0.6) is 0 Å². The number of anilines is 7.